The molecule has 0 bridgehead atoms. The van der Waals surface area contributed by atoms with Crippen LogP contribution in [0.3, 0.4) is 0 Å². The molecule has 0 atom stereocenters. The zero-order chi connectivity index (χ0) is 19.9. The lowest BCUT2D eigenvalue weighted by atomic mass is 10.2. The normalized spacial score (nSPS) is 13.3. The van der Waals surface area contributed by atoms with Gasteiger partial charge in [0.2, 0.25) is 5.91 Å². The number of carbonyl (C=O) groups is 3. The Morgan fingerprint density at radius 1 is 1.11 bits per heavy atom. The number of nitrogens with zero attached hydrogens (tertiary/aromatic N) is 1. The number of hydrogen-bond donors (Lipinski definition) is 1. The zero-order valence-corrected chi connectivity index (χ0v) is 16.6. The highest BCUT2D eigenvalue weighted by Gasteiger charge is 2.24. The average Bonchev–Trinajstić information content (AvgIpc) is 3.11. The second kappa shape index (κ2) is 9.36. The van der Waals surface area contributed by atoms with E-state index in [-0.39, 0.29) is 12.5 Å². The Labute approximate surface area is 170 Å². The molecule has 3 rings (SSSR count). The van der Waals surface area contributed by atoms with Crippen LogP contribution in [-0.4, -0.2) is 37.5 Å². The molecule has 1 saturated heterocycles. The van der Waals surface area contributed by atoms with Gasteiger partial charge in [-0.2, -0.15) is 0 Å². The topological polar surface area (TPSA) is 84.9 Å². The van der Waals surface area contributed by atoms with Crippen LogP contribution in [0, 0.1) is 0 Å². The van der Waals surface area contributed by atoms with E-state index in [0.717, 1.165) is 10.9 Å². The number of halogens is 1. The highest BCUT2D eigenvalue weighted by Crippen LogP contribution is 2.29. The third-order valence-corrected chi connectivity index (χ3v) is 4.55. The van der Waals surface area contributed by atoms with Gasteiger partial charge >= 0.3 is 5.97 Å². The van der Waals surface area contributed by atoms with E-state index < -0.39 is 18.5 Å². The molecule has 2 amide bonds. The Morgan fingerprint density at radius 2 is 1.93 bits per heavy atom. The van der Waals surface area contributed by atoms with E-state index in [1.807, 2.05) is 6.07 Å². The van der Waals surface area contributed by atoms with Crippen LogP contribution < -0.4 is 15.0 Å². The first-order chi connectivity index (χ1) is 13.5. The molecule has 1 fully saturated rings. The van der Waals surface area contributed by atoms with Crippen molar-refractivity contribution in [3.8, 4) is 5.75 Å². The van der Waals surface area contributed by atoms with Crippen LogP contribution in [0.4, 0.5) is 11.4 Å². The van der Waals surface area contributed by atoms with Crippen LogP contribution in [0.5, 0.6) is 5.75 Å². The molecule has 2 aromatic carbocycles. The molecular formula is C20H19BrN2O5. The van der Waals surface area contributed by atoms with Gasteiger partial charge in [0.05, 0.1) is 11.4 Å². The zero-order valence-electron chi connectivity index (χ0n) is 15.0. The second-order valence-electron chi connectivity index (χ2n) is 6.12. The maximum Gasteiger partial charge on any atom is 0.344 e. The number of esters is 1. The smallest absolute Gasteiger partial charge is 0.344 e. The molecule has 7 nitrogen and oxygen atoms in total. The van der Waals surface area contributed by atoms with Gasteiger partial charge in [-0.05, 0) is 36.8 Å². The summed E-state index contributed by atoms with van der Waals surface area (Å²) in [6.07, 6.45) is 1.29. The molecule has 2 aromatic rings. The number of hydrogen-bond acceptors (Lipinski definition) is 5. The van der Waals surface area contributed by atoms with Crippen molar-refractivity contribution in [2.45, 2.75) is 12.8 Å². The monoisotopic (exact) mass is 446 g/mol. The van der Waals surface area contributed by atoms with Crippen LogP contribution in [0.15, 0.2) is 53.0 Å². The van der Waals surface area contributed by atoms with Crippen molar-refractivity contribution in [2.75, 3.05) is 30.0 Å². The van der Waals surface area contributed by atoms with E-state index in [1.165, 1.54) is 0 Å². The fourth-order valence-corrected chi connectivity index (χ4v) is 3.17. The lowest BCUT2D eigenvalue weighted by Crippen LogP contribution is -2.27. The summed E-state index contributed by atoms with van der Waals surface area (Å²) in [5.41, 5.74) is 1.15. The van der Waals surface area contributed by atoms with Gasteiger partial charge in [-0.15, -0.1) is 0 Å². The van der Waals surface area contributed by atoms with Crippen molar-refractivity contribution >= 4 is 45.1 Å². The molecule has 1 heterocycles. The minimum Gasteiger partial charge on any atom is -0.482 e. The molecule has 146 valence electrons. The number of amides is 2. The summed E-state index contributed by atoms with van der Waals surface area (Å²) in [4.78, 5) is 37.5. The Balaban J connectivity index is 1.49. The quantitative estimate of drug-likeness (QED) is 0.660. The van der Waals surface area contributed by atoms with Crippen molar-refractivity contribution in [3.63, 3.8) is 0 Å². The number of rotatable bonds is 7. The molecule has 0 radical (unpaired) electrons. The Hall–Kier alpha value is -2.87. The van der Waals surface area contributed by atoms with Crippen LogP contribution in [0.1, 0.15) is 12.8 Å². The maximum atomic E-state index is 12.1. The van der Waals surface area contributed by atoms with E-state index in [4.69, 9.17) is 9.47 Å². The second-order valence-corrected chi connectivity index (χ2v) is 7.04. The van der Waals surface area contributed by atoms with Gasteiger partial charge in [0.25, 0.3) is 5.91 Å². The Kier molecular flexibility index (Phi) is 6.65. The first-order valence-electron chi connectivity index (χ1n) is 8.76. The standard InChI is InChI=1S/C20H19BrN2O5/c21-14-5-3-6-15(11-14)27-13-20(26)28-12-18(24)22-16-7-1-2-8-17(16)23-10-4-9-19(23)25/h1-3,5-8,11H,4,9-10,12-13H2,(H,22,24). The predicted octanol–water partition coefficient (Wildman–Crippen LogP) is 3.14. The molecule has 1 aliphatic heterocycles. The van der Waals surface area contributed by atoms with Crippen molar-refractivity contribution < 1.29 is 23.9 Å². The number of carbonyl (C=O) groups excluding carboxylic acids is 3. The predicted molar refractivity (Wildman–Crippen MR) is 107 cm³/mol. The van der Waals surface area contributed by atoms with Crippen molar-refractivity contribution in [2.24, 2.45) is 0 Å². The number of benzene rings is 2. The van der Waals surface area contributed by atoms with Gasteiger partial charge in [0.15, 0.2) is 13.2 Å². The highest BCUT2D eigenvalue weighted by molar-refractivity contribution is 9.10. The number of nitrogens with one attached hydrogen (secondary N) is 1. The summed E-state index contributed by atoms with van der Waals surface area (Å²) in [5.74, 6) is -0.606. The van der Waals surface area contributed by atoms with E-state index in [9.17, 15) is 14.4 Å². The molecular weight excluding hydrogens is 428 g/mol. The summed E-state index contributed by atoms with van der Waals surface area (Å²) in [5, 5.41) is 2.69. The SMILES string of the molecule is O=C(COC(=O)COc1cccc(Br)c1)Nc1ccccc1N1CCCC1=O. The summed E-state index contributed by atoms with van der Waals surface area (Å²) >= 11 is 3.31. The summed E-state index contributed by atoms with van der Waals surface area (Å²) in [7, 11) is 0. The van der Waals surface area contributed by atoms with Crippen molar-refractivity contribution in [1.29, 1.82) is 0 Å². The van der Waals surface area contributed by atoms with Gasteiger partial charge in [-0.3, -0.25) is 9.59 Å². The fourth-order valence-electron chi connectivity index (χ4n) is 2.79. The summed E-state index contributed by atoms with van der Waals surface area (Å²) in [6, 6.07) is 14.1. The van der Waals surface area contributed by atoms with Crippen LogP contribution >= 0.6 is 15.9 Å². The molecule has 8 heteroatoms. The molecule has 0 aromatic heterocycles. The van der Waals surface area contributed by atoms with Crippen LogP contribution in [0.2, 0.25) is 0 Å². The summed E-state index contributed by atoms with van der Waals surface area (Å²) < 4.78 is 11.1. The van der Waals surface area contributed by atoms with Gasteiger partial charge in [-0.25, -0.2) is 4.79 Å². The number of para-hydroxylation sites is 2. The third kappa shape index (κ3) is 5.32. The Morgan fingerprint density at radius 3 is 2.68 bits per heavy atom. The number of anilines is 2. The van der Waals surface area contributed by atoms with Crippen LogP contribution in [0.25, 0.3) is 0 Å². The number of ether oxygens (including phenoxy) is 2. The molecule has 1 N–H and O–H groups in total. The third-order valence-electron chi connectivity index (χ3n) is 4.06. The lowest BCUT2D eigenvalue weighted by Gasteiger charge is -2.19. The van der Waals surface area contributed by atoms with E-state index in [2.05, 4.69) is 21.2 Å². The minimum atomic E-state index is -0.655. The van der Waals surface area contributed by atoms with Gasteiger partial charge in [0.1, 0.15) is 5.75 Å². The first kappa shape index (κ1) is 19.9. The van der Waals surface area contributed by atoms with Gasteiger partial charge < -0.3 is 19.7 Å². The van der Waals surface area contributed by atoms with Gasteiger partial charge in [0, 0.05) is 17.4 Å². The van der Waals surface area contributed by atoms with Crippen LogP contribution in [-0.2, 0) is 19.1 Å². The molecule has 0 unspecified atom stereocenters. The molecule has 28 heavy (non-hydrogen) atoms. The molecule has 0 spiro atoms. The largest absolute Gasteiger partial charge is 0.482 e. The van der Waals surface area contributed by atoms with E-state index in [0.29, 0.717) is 30.1 Å². The van der Waals surface area contributed by atoms with Crippen molar-refractivity contribution in [3.05, 3.63) is 53.0 Å². The summed E-state index contributed by atoms with van der Waals surface area (Å²) in [6.45, 7) is -0.126. The van der Waals surface area contributed by atoms with Gasteiger partial charge in [-0.1, -0.05) is 34.1 Å². The first-order valence-corrected chi connectivity index (χ1v) is 9.55. The molecule has 0 aliphatic carbocycles. The van der Waals surface area contributed by atoms with Crippen molar-refractivity contribution in [1.82, 2.24) is 0 Å². The fraction of sp³-hybridized carbons (Fsp3) is 0.250. The molecule has 0 saturated carbocycles. The maximum absolute atomic E-state index is 12.1. The van der Waals surface area contributed by atoms with E-state index in [1.54, 1.807) is 47.4 Å². The Bertz CT molecular complexity index is 886. The highest BCUT2D eigenvalue weighted by atomic mass is 79.9. The lowest BCUT2D eigenvalue weighted by molar-refractivity contribution is -0.149. The minimum absolute atomic E-state index is 0.0258. The average molecular weight is 447 g/mol. The van der Waals surface area contributed by atoms with E-state index >= 15 is 0 Å². The molecule has 1 aliphatic rings.